The molecular formula is C6H7N3O2. The number of rotatable bonds is 1. The van der Waals surface area contributed by atoms with Crippen LogP contribution in [0.2, 0.25) is 0 Å². The van der Waals surface area contributed by atoms with E-state index in [0.29, 0.717) is 5.69 Å². The van der Waals surface area contributed by atoms with Crippen molar-refractivity contribution in [3.63, 3.8) is 0 Å². The molecule has 0 aliphatic carbocycles. The molecule has 0 aliphatic rings. The Morgan fingerprint density at radius 1 is 1.73 bits per heavy atom. The molecule has 5 heteroatoms. The minimum Gasteiger partial charge on any atom is -0.392 e. The van der Waals surface area contributed by atoms with Crippen LogP contribution in [-0.2, 0) is 0 Å². The largest absolute Gasteiger partial charge is 0.392 e. The van der Waals surface area contributed by atoms with Gasteiger partial charge in [0.1, 0.15) is 5.69 Å². The van der Waals surface area contributed by atoms with E-state index < -0.39 is 4.92 Å². The first-order chi connectivity index (χ1) is 5.13. The van der Waals surface area contributed by atoms with Gasteiger partial charge in [0, 0.05) is 12.3 Å². The van der Waals surface area contributed by atoms with Gasteiger partial charge in [-0.15, -0.1) is 0 Å². The van der Waals surface area contributed by atoms with Gasteiger partial charge in [0.2, 0.25) is 0 Å². The van der Waals surface area contributed by atoms with Crippen LogP contribution in [0.1, 0.15) is 5.69 Å². The molecular weight excluding hydrogens is 146 g/mol. The van der Waals surface area contributed by atoms with Crippen molar-refractivity contribution >= 4 is 11.4 Å². The highest BCUT2D eigenvalue weighted by Crippen LogP contribution is 2.21. The van der Waals surface area contributed by atoms with Gasteiger partial charge in [-0.25, -0.2) is 0 Å². The number of hydrogen-bond acceptors (Lipinski definition) is 4. The molecule has 0 aliphatic heterocycles. The fourth-order valence-electron chi connectivity index (χ4n) is 0.724. The molecule has 0 fully saturated rings. The standard InChI is InChI=1S/C6H7N3O2/c1-4-6(7)5(9(10)11)2-3-8-4/h2-3H,7H2,1H3. The highest BCUT2D eigenvalue weighted by Gasteiger charge is 2.11. The van der Waals surface area contributed by atoms with Crippen LogP contribution in [0.4, 0.5) is 11.4 Å². The van der Waals surface area contributed by atoms with Gasteiger partial charge >= 0.3 is 0 Å². The Morgan fingerprint density at radius 3 is 2.82 bits per heavy atom. The van der Waals surface area contributed by atoms with Gasteiger partial charge in [0.25, 0.3) is 5.69 Å². The Balaban J connectivity index is 3.27. The van der Waals surface area contributed by atoms with Crippen molar-refractivity contribution in [3.8, 4) is 0 Å². The van der Waals surface area contributed by atoms with Crippen molar-refractivity contribution in [2.75, 3.05) is 5.73 Å². The number of nitrogens with two attached hydrogens (primary N) is 1. The quantitative estimate of drug-likeness (QED) is 0.479. The van der Waals surface area contributed by atoms with E-state index in [4.69, 9.17) is 5.73 Å². The highest BCUT2D eigenvalue weighted by molar-refractivity contribution is 5.59. The van der Waals surface area contributed by atoms with Crippen LogP contribution < -0.4 is 5.73 Å². The van der Waals surface area contributed by atoms with Gasteiger partial charge in [0.05, 0.1) is 10.6 Å². The number of aromatic nitrogens is 1. The Morgan fingerprint density at radius 2 is 2.36 bits per heavy atom. The van der Waals surface area contributed by atoms with E-state index in [-0.39, 0.29) is 11.4 Å². The van der Waals surface area contributed by atoms with Gasteiger partial charge in [0.15, 0.2) is 0 Å². The number of nitro groups is 1. The van der Waals surface area contributed by atoms with E-state index >= 15 is 0 Å². The average molecular weight is 153 g/mol. The van der Waals surface area contributed by atoms with E-state index in [0.717, 1.165) is 0 Å². The van der Waals surface area contributed by atoms with Crippen LogP contribution in [0.15, 0.2) is 12.3 Å². The molecule has 1 aromatic rings. The molecule has 0 amide bonds. The molecule has 1 rings (SSSR count). The lowest BCUT2D eigenvalue weighted by Gasteiger charge is -1.97. The number of aryl methyl sites for hydroxylation is 1. The third-order valence-corrected chi connectivity index (χ3v) is 1.36. The van der Waals surface area contributed by atoms with Gasteiger partial charge < -0.3 is 5.73 Å². The third-order valence-electron chi connectivity index (χ3n) is 1.36. The molecule has 0 bridgehead atoms. The Hall–Kier alpha value is -1.65. The first kappa shape index (κ1) is 7.46. The maximum Gasteiger partial charge on any atom is 0.295 e. The summed E-state index contributed by atoms with van der Waals surface area (Å²) in [4.78, 5) is 13.5. The van der Waals surface area contributed by atoms with E-state index in [2.05, 4.69) is 4.98 Å². The normalized spacial score (nSPS) is 9.55. The molecule has 0 spiro atoms. The number of nitrogens with zero attached hydrogens (tertiary/aromatic N) is 2. The van der Waals surface area contributed by atoms with E-state index in [1.165, 1.54) is 12.3 Å². The summed E-state index contributed by atoms with van der Waals surface area (Å²) in [5.41, 5.74) is 5.92. The van der Waals surface area contributed by atoms with E-state index in [1.807, 2.05) is 0 Å². The molecule has 0 radical (unpaired) electrons. The van der Waals surface area contributed by atoms with Crippen LogP contribution >= 0.6 is 0 Å². The average Bonchev–Trinajstić information content (AvgIpc) is 1.94. The molecule has 2 N–H and O–H groups in total. The fourth-order valence-corrected chi connectivity index (χ4v) is 0.724. The van der Waals surface area contributed by atoms with E-state index in [1.54, 1.807) is 6.92 Å². The molecule has 0 saturated heterocycles. The number of pyridine rings is 1. The minimum absolute atomic E-state index is 0.0856. The lowest BCUT2D eigenvalue weighted by atomic mass is 10.3. The second-order valence-corrected chi connectivity index (χ2v) is 2.09. The fraction of sp³-hybridized carbons (Fsp3) is 0.167. The third kappa shape index (κ3) is 1.26. The maximum atomic E-state index is 10.3. The first-order valence-electron chi connectivity index (χ1n) is 2.98. The lowest BCUT2D eigenvalue weighted by molar-refractivity contribution is -0.384. The molecule has 58 valence electrons. The molecule has 0 saturated carbocycles. The van der Waals surface area contributed by atoms with Crippen molar-refractivity contribution in [3.05, 3.63) is 28.1 Å². The van der Waals surface area contributed by atoms with Gasteiger partial charge in [-0.1, -0.05) is 0 Å². The summed E-state index contributed by atoms with van der Waals surface area (Å²) < 4.78 is 0. The second kappa shape index (κ2) is 2.53. The molecule has 0 aromatic carbocycles. The summed E-state index contributed by atoms with van der Waals surface area (Å²) in [7, 11) is 0. The van der Waals surface area contributed by atoms with Crippen molar-refractivity contribution in [1.29, 1.82) is 0 Å². The van der Waals surface area contributed by atoms with Crippen molar-refractivity contribution in [2.45, 2.75) is 6.92 Å². The zero-order valence-electron chi connectivity index (χ0n) is 5.94. The number of nitrogen functional groups attached to an aromatic ring is 1. The van der Waals surface area contributed by atoms with Gasteiger partial charge in [-0.05, 0) is 6.92 Å². The minimum atomic E-state index is -0.524. The SMILES string of the molecule is Cc1nccc([N+](=O)[O-])c1N. The Bertz CT molecular complexity index is 298. The van der Waals surface area contributed by atoms with Gasteiger partial charge in [-0.3, -0.25) is 15.1 Å². The summed E-state index contributed by atoms with van der Waals surface area (Å²) in [6, 6.07) is 1.28. The molecule has 11 heavy (non-hydrogen) atoms. The van der Waals surface area contributed by atoms with E-state index in [9.17, 15) is 10.1 Å². The smallest absolute Gasteiger partial charge is 0.295 e. The lowest BCUT2D eigenvalue weighted by Crippen LogP contribution is -1.98. The van der Waals surface area contributed by atoms with Crippen LogP contribution in [0.3, 0.4) is 0 Å². The van der Waals surface area contributed by atoms with Crippen molar-refractivity contribution in [2.24, 2.45) is 0 Å². The molecule has 5 nitrogen and oxygen atoms in total. The highest BCUT2D eigenvalue weighted by atomic mass is 16.6. The first-order valence-corrected chi connectivity index (χ1v) is 2.98. The summed E-state index contributed by atoms with van der Waals surface area (Å²) >= 11 is 0. The van der Waals surface area contributed by atoms with Crippen LogP contribution in [0.25, 0.3) is 0 Å². The summed E-state index contributed by atoms with van der Waals surface area (Å²) in [5, 5.41) is 10.3. The van der Waals surface area contributed by atoms with Crippen LogP contribution in [-0.4, -0.2) is 9.91 Å². The topological polar surface area (TPSA) is 82.0 Å². The number of hydrogen-bond donors (Lipinski definition) is 1. The monoisotopic (exact) mass is 153 g/mol. The molecule has 0 unspecified atom stereocenters. The maximum absolute atomic E-state index is 10.3. The van der Waals surface area contributed by atoms with Crippen molar-refractivity contribution < 1.29 is 4.92 Å². The number of anilines is 1. The zero-order chi connectivity index (χ0) is 8.43. The summed E-state index contributed by atoms with van der Waals surface area (Å²) in [6.45, 7) is 1.63. The predicted octanol–water partition coefficient (Wildman–Crippen LogP) is 0.880. The predicted molar refractivity (Wildman–Crippen MR) is 40.0 cm³/mol. The summed E-state index contributed by atoms with van der Waals surface area (Å²) in [6.07, 6.45) is 1.36. The summed E-state index contributed by atoms with van der Waals surface area (Å²) in [5.74, 6) is 0. The van der Waals surface area contributed by atoms with Gasteiger partial charge in [-0.2, -0.15) is 0 Å². The van der Waals surface area contributed by atoms with Crippen molar-refractivity contribution in [1.82, 2.24) is 4.98 Å². The second-order valence-electron chi connectivity index (χ2n) is 2.09. The Kier molecular flexibility index (Phi) is 1.72. The molecule has 1 heterocycles. The van der Waals surface area contributed by atoms with Crippen LogP contribution in [0, 0.1) is 17.0 Å². The zero-order valence-corrected chi connectivity index (χ0v) is 5.94. The van der Waals surface area contributed by atoms with Crippen LogP contribution in [0.5, 0.6) is 0 Å². The molecule has 1 aromatic heterocycles. The Labute approximate surface area is 63.0 Å². The molecule has 0 atom stereocenters.